The van der Waals surface area contributed by atoms with E-state index in [4.69, 9.17) is 5.73 Å². The van der Waals surface area contributed by atoms with Gasteiger partial charge in [0, 0.05) is 39.1 Å². The van der Waals surface area contributed by atoms with Gasteiger partial charge in [0.25, 0.3) is 0 Å². The molecule has 4 nitrogen and oxygen atoms in total. The van der Waals surface area contributed by atoms with Crippen molar-refractivity contribution in [3.8, 4) is 0 Å². The highest BCUT2D eigenvalue weighted by Crippen LogP contribution is 2.15. The fourth-order valence-electron chi connectivity index (χ4n) is 2.63. The van der Waals surface area contributed by atoms with Gasteiger partial charge in [-0.15, -0.1) is 0 Å². The summed E-state index contributed by atoms with van der Waals surface area (Å²) in [7, 11) is 1.66. The summed E-state index contributed by atoms with van der Waals surface area (Å²) in [6, 6.07) is 20.6. The quantitative estimate of drug-likeness (QED) is 0.785. The Balaban J connectivity index is 2.16. The van der Waals surface area contributed by atoms with Crippen LogP contribution >= 0.6 is 0 Å². The third-order valence-electron chi connectivity index (χ3n) is 3.95. The standard InChI is InChI=1S/C19H25N3O/c1-21-19(23)12-18(13-20)22(14-16-8-4-2-5-9-16)15-17-10-6-3-7-11-17/h2-11,18H,12-15,20H2,1H3,(H,21,23). The summed E-state index contributed by atoms with van der Waals surface area (Å²) in [5.74, 6) is 0.0200. The average molecular weight is 311 g/mol. The Hall–Kier alpha value is -2.17. The van der Waals surface area contributed by atoms with Gasteiger partial charge >= 0.3 is 0 Å². The van der Waals surface area contributed by atoms with E-state index in [2.05, 4.69) is 34.5 Å². The zero-order valence-corrected chi connectivity index (χ0v) is 13.6. The first-order valence-corrected chi connectivity index (χ1v) is 7.95. The van der Waals surface area contributed by atoms with E-state index in [1.165, 1.54) is 11.1 Å². The molecule has 3 N–H and O–H groups in total. The molecule has 23 heavy (non-hydrogen) atoms. The summed E-state index contributed by atoms with van der Waals surface area (Å²) in [4.78, 5) is 14.1. The summed E-state index contributed by atoms with van der Waals surface area (Å²) in [5.41, 5.74) is 8.40. The monoisotopic (exact) mass is 311 g/mol. The summed E-state index contributed by atoms with van der Waals surface area (Å²) in [6.45, 7) is 2.00. The van der Waals surface area contributed by atoms with Crippen LogP contribution in [0.5, 0.6) is 0 Å². The molecule has 0 bridgehead atoms. The first kappa shape index (κ1) is 17.2. The van der Waals surface area contributed by atoms with Crippen LogP contribution in [0.3, 0.4) is 0 Å². The van der Waals surface area contributed by atoms with E-state index in [0.29, 0.717) is 13.0 Å². The lowest BCUT2D eigenvalue weighted by Crippen LogP contribution is -2.42. The number of nitrogens with two attached hydrogens (primary N) is 1. The van der Waals surface area contributed by atoms with Gasteiger partial charge in [0.15, 0.2) is 0 Å². The maximum Gasteiger partial charge on any atom is 0.221 e. The molecule has 122 valence electrons. The maximum absolute atomic E-state index is 11.8. The molecule has 1 unspecified atom stereocenters. The van der Waals surface area contributed by atoms with Gasteiger partial charge in [0.2, 0.25) is 5.91 Å². The largest absolute Gasteiger partial charge is 0.359 e. The van der Waals surface area contributed by atoms with E-state index >= 15 is 0 Å². The lowest BCUT2D eigenvalue weighted by Gasteiger charge is -2.30. The molecule has 1 atom stereocenters. The van der Waals surface area contributed by atoms with Crippen molar-refractivity contribution in [2.75, 3.05) is 13.6 Å². The number of benzene rings is 2. The lowest BCUT2D eigenvalue weighted by molar-refractivity contribution is -0.121. The van der Waals surface area contributed by atoms with E-state index < -0.39 is 0 Å². The van der Waals surface area contributed by atoms with Crippen molar-refractivity contribution in [2.45, 2.75) is 25.6 Å². The average Bonchev–Trinajstić information content (AvgIpc) is 2.60. The number of hydrogen-bond donors (Lipinski definition) is 2. The number of nitrogens with zero attached hydrogens (tertiary/aromatic N) is 1. The Morgan fingerprint density at radius 2 is 1.48 bits per heavy atom. The highest BCUT2D eigenvalue weighted by molar-refractivity contribution is 5.76. The van der Waals surface area contributed by atoms with Crippen LogP contribution in [0, 0.1) is 0 Å². The number of rotatable bonds is 8. The molecule has 0 radical (unpaired) electrons. The summed E-state index contributed by atoms with van der Waals surface area (Å²) >= 11 is 0. The van der Waals surface area contributed by atoms with Gasteiger partial charge in [-0.25, -0.2) is 0 Å². The second-order valence-electron chi connectivity index (χ2n) is 5.64. The van der Waals surface area contributed by atoms with Crippen molar-refractivity contribution in [3.63, 3.8) is 0 Å². The SMILES string of the molecule is CNC(=O)CC(CN)N(Cc1ccccc1)Cc1ccccc1. The smallest absolute Gasteiger partial charge is 0.221 e. The first-order chi connectivity index (χ1) is 11.2. The maximum atomic E-state index is 11.8. The van der Waals surface area contributed by atoms with Crippen molar-refractivity contribution < 1.29 is 4.79 Å². The predicted molar refractivity (Wildman–Crippen MR) is 93.7 cm³/mol. The van der Waals surface area contributed by atoms with Crippen LogP contribution < -0.4 is 11.1 Å². The molecule has 0 saturated heterocycles. The van der Waals surface area contributed by atoms with E-state index in [0.717, 1.165) is 13.1 Å². The molecule has 0 spiro atoms. The second kappa shape index (κ2) is 9.08. The van der Waals surface area contributed by atoms with Crippen molar-refractivity contribution in [1.29, 1.82) is 0 Å². The van der Waals surface area contributed by atoms with Gasteiger partial charge in [0.05, 0.1) is 0 Å². The Morgan fingerprint density at radius 1 is 1.00 bits per heavy atom. The Morgan fingerprint density at radius 3 is 1.87 bits per heavy atom. The van der Waals surface area contributed by atoms with Crippen LogP contribution in [-0.2, 0) is 17.9 Å². The lowest BCUT2D eigenvalue weighted by atomic mass is 10.1. The molecule has 0 aliphatic carbocycles. The predicted octanol–water partition coefficient (Wildman–Crippen LogP) is 2.15. The number of hydrogen-bond acceptors (Lipinski definition) is 3. The molecule has 0 aromatic heterocycles. The first-order valence-electron chi connectivity index (χ1n) is 7.95. The van der Waals surface area contributed by atoms with Crippen LogP contribution in [0.1, 0.15) is 17.5 Å². The van der Waals surface area contributed by atoms with Gasteiger partial charge < -0.3 is 11.1 Å². The van der Waals surface area contributed by atoms with Crippen LogP contribution in [0.15, 0.2) is 60.7 Å². The fourth-order valence-corrected chi connectivity index (χ4v) is 2.63. The van der Waals surface area contributed by atoms with Crippen molar-refractivity contribution >= 4 is 5.91 Å². The third-order valence-corrected chi connectivity index (χ3v) is 3.95. The Bertz CT molecular complexity index is 545. The summed E-state index contributed by atoms with van der Waals surface area (Å²) in [5, 5.41) is 2.69. The van der Waals surface area contributed by atoms with Crippen LogP contribution in [0.4, 0.5) is 0 Å². The molecule has 0 saturated carbocycles. The molecule has 4 heteroatoms. The molecule has 0 heterocycles. The Labute approximate surface area is 138 Å². The zero-order valence-electron chi connectivity index (χ0n) is 13.6. The van der Waals surface area contributed by atoms with Gasteiger partial charge in [-0.3, -0.25) is 9.69 Å². The van der Waals surface area contributed by atoms with E-state index in [9.17, 15) is 4.79 Å². The van der Waals surface area contributed by atoms with Crippen molar-refractivity contribution in [3.05, 3.63) is 71.8 Å². The highest BCUT2D eigenvalue weighted by Gasteiger charge is 2.20. The number of carbonyl (C=O) groups excluding carboxylic acids is 1. The van der Waals surface area contributed by atoms with Gasteiger partial charge in [0.1, 0.15) is 0 Å². The molecule has 2 aromatic rings. The van der Waals surface area contributed by atoms with Crippen molar-refractivity contribution in [1.82, 2.24) is 10.2 Å². The summed E-state index contributed by atoms with van der Waals surface area (Å²) < 4.78 is 0. The minimum absolute atomic E-state index is 0.00959. The van der Waals surface area contributed by atoms with E-state index in [1.54, 1.807) is 7.05 Å². The number of carbonyl (C=O) groups is 1. The minimum atomic E-state index is 0.00959. The topological polar surface area (TPSA) is 58.4 Å². The third kappa shape index (κ3) is 5.51. The van der Waals surface area contributed by atoms with Gasteiger partial charge in [-0.05, 0) is 11.1 Å². The Kier molecular flexibility index (Phi) is 6.78. The number of nitrogens with one attached hydrogen (secondary N) is 1. The molecule has 1 amide bonds. The molecule has 0 aliphatic heterocycles. The molecular formula is C19H25N3O. The van der Waals surface area contributed by atoms with Crippen LogP contribution in [-0.4, -0.2) is 30.4 Å². The van der Waals surface area contributed by atoms with E-state index in [-0.39, 0.29) is 11.9 Å². The normalized spacial score (nSPS) is 12.1. The zero-order chi connectivity index (χ0) is 16.5. The fraction of sp³-hybridized carbons (Fsp3) is 0.316. The highest BCUT2D eigenvalue weighted by atomic mass is 16.1. The second-order valence-corrected chi connectivity index (χ2v) is 5.64. The molecule has 0 aliphatic rings. The van der Waals surface area contributed by atoms with Gasteiger partial charge in [-0.1, -0.05) is 60.7 Å². The van der Waals surface area contributed by atoms with Crippen LogP contribution in [0.2, 0.25) is 0 Å². The molecule has 0 fully saturated rings. The minimum Gasteiger partial charge on any atom is -0.359 e. The van der Waals surface area contributed by atoms with Gasteiger partial charge in [-0.2, -0.15) is 0 Å². The summed E-state index contributed by atoms with van der Waals surface area (Å²) in [6.07, 6.45) is 0.409. The molecule has 2 rings (SSSR count). The van der Waals surface area contributed by atoms with Crippen LogP contribution in [0.25, 0.3) is 0 Å². The van der Waals surface area contributed by atoms with E-state index in [1.807, 2.05) is 36.4 Å². The van der Waals surface area contributed by atoms with Crippen molar-refractivity contribution in [2.24, 2.45) is 5.73 Å². The number of amides is 1. The molecule has 2 aromatic carbocycles. The molecular weight excluding hydrogens is 286 g/mol.